The van der Waals surface area contributed by atoms with Crippen LogP contribution in [0.15, 0.2) is 12.4 Å². The molecule has 0 aromatic carbocycles. The zero-order valence-corrected chi connectivity index (χ0v) is 17.3. The second-order valence-corrected chi connectivity index (χ2v) is 6.70. The van der Waals surface area contributed by atoms with Gasteiger partial charge in [-0.1, -0.05) is 0 Å². The number of aliphatic hydroxyl groups excluding tert-OH is 1. The Morgan fingerprint density at radius 3 is 2.81 bits per heavy atom. The van der Waals surface area contributed by atoms with E-state index in [1.54, 1.807) is 6.33 Å². The van der Waals surface area contributed by atoms with Gasteiger partial charge in [0, 0.05) is 51.3 Å². The summed E-state index contributed by atoms with van der Waals surface area (Å²) < 4.78 is 0. The minimum Gasteiger partial charge on any atom is -0.395 e. The Labute approximate surface area is 172 Å². The molecule has 0 aliphatic carbocycles. The molecular formula is C17H30Cl2N6O2. The Morgan fingerprint density at radius 1 is 1.26 bits per heavy atom. The molecule has 0 spiro atoms. The fourth-order valence-corrected chi connectivity index (χ4v) is 3.88. The van der Waals surface area contributed by atoms with Gasteiger partial charge in [0.15, 0.2) is 0 Å². The summed E-state index contributed by atoms with van der Waals surface area (Å²) in [5.41, 5.74) is 0. The molecule has 1 amide bonds. The van der Waals surface area contributed by atoms with Crippen LogP contribution in [0.2, 0.25) is 0 Å². The van der Waals surface area contributed by atoms with E-state index >= 15 is 0 Å². The molecule has 154 valence electrons. The van der Waals surface area contributed by atoms with Crippen molar-refractivity contribution in [3.8, 4) is 0 Å². The van der Waals surface area contributed by atoms with Gasteiger partial charge in [-0.3, -0.25) is 4.79 Å². The summed E-state index contributed by atoms with van der Waals surface area (Å²) in [5.74, 6) is 2.43. The van der Waals surface area contributed by atoms with E-state index in [9.17, 15) is 4.79 Å². The zero-order chi connectivity index (χ0) is 17.6. The number of hydrogen-bond donors (Lipinski definition) is 3. The Hall–Kier alpha value is -1.35. The van der Waals surface area contributed by atoms with Crippen molar-refractivity contribution in [2.24, 2.45) is 5.92 Å². The number of rotatable bonds is 7. The molecule has 0 bridgehead atoms. The van der Waals surface area contributed by atoms with Crippen molar-refractivity contribution in [3.63, 3.8) is 0 Å². The minimum absolute atomic E-state index is 0. The third-order valence-corrected chi connectivity index (χ3v) is 5.14. The number of carbonyl (C=O) groups is 1. The maximum atomic E-state index is 12.3. The molecule has 3 N–H and O–H groups in total. The maximum absolute atomic E-state index is 12.3. The Morgan fingerprint density at radius 2 is 2.07 bits per heavy atom. The molecule has 2 fully saturated rings. The van der Waals surface area contributed by atoms with Crippen molar-refractivity contribution in [1.82, 2.24) is 20.2 Å². The average molecular weight is 421 g/mol. The molecule has 2 saturated heterocycles. The van der Waals surface area contributed by atoms with Crippen LogP contribution in [0.4, 0.5) is 11.6 Å². The van der Waals surface area contributed by atoms with Crippen LogP contribution >= 0.6 is 24.8 Å². The summed E-state index contributed by atoms with van der Waals surface area (Å²) in [6.45, 7) is 3.99. The van der Waals surface area contributed by atoms with Crippen molar-refractivity contribution < 1.29 is 9.90 Å². The first kappa shape index (κ1) is 23.7. The van der Waals surface area contributed by atoms with Gasteiger partial charge in [-0.05, 0) is 25.8 Å². The third-order valence-electron chi connectivity index (χ3n) is 5.14. The standard InChI is InChI=1S/C17H28N6O2.2ClH/c1-18-5-8-23-14-4-7-22(11-13(14)2-3-17(23)25)16-10-15(19-6-9-24)20-12-21-16;;/h10,12-14,18,24H,2-9,11H2,1H3,(H,19,20,21);2*1H/t13-,14+;;/m0../s1. The van der Waals surface area contributed by atoms with Crippen molar-refractivity contribution in [2.45, 2.75) is 25.3 Å². The van der Waals surface area contributed by atoms with Crippen molar-refractivity contribution in [1.29, 1.82) is 0 Å². The predicted octanol–water partition coefficient (Wildman–Crippen LogP) is 0.761. The lowest BCUT2D eigenvalue weighted by Crippen LogP contribution is -2.57. The van der Waals surface area contributed by atoms with E-state index in [0.29, 0.717) is 30.8 Å². The van der Waals surface area contributed by atoms with Crippen LogP contribution in [-0.4, -0.2) is 78.3 Å². The molecule has 0 unspecified atom stereocenters. The molecule has 1 aromatic rings. The minimum atomic E-state index is 0. The molecule has 0 saturated carbocycles. The van der Waals surface area contributed by atoms with Crippen LogP contribution in [0.3, 0.4) is 0 Å². The second kappa shape index (κ2) is 11.5. The van der Waals surface area contributed by atoms with E-state index in [1.807, 2.05) is 13.1 Å². The number of nitrogens with one attached hydrogen (secondary N) is 2. The van der Waals surface area contributed by atoms with E-state index in [1.165, 1.54) is 0 Å². The van der Waals surface area contributed by atoms with Gasteiger partial charge < -0.3 is 25.5 Å². The Balaban J connectivity index is 0.00000182. The SMILES string of the molecule is CNCCN1C(=O)CC[C@H]2CN(c3cc(NCCO)ncn3)CC[C@H]21.Cl.Cl. The predicted molar refractivity (Wildman–Crippen MR) is 111 cm³/mol. The van der Waals surface area contributed by atoms with Crippen LogP contribution in [0, 0.1) is 5.92 Å². The number of aliphatic hydroxyl groups is 1. The van der Waals surface area contributed by atoms with Gasteiger partial charge in [-0.15, -0.1) is 24.8 Å². The monoisotopic (exact) mass is 420 g/mol. The lowest BCUT2D eigenvalue weighted by atomic mass is 9.83. The third kappa shape index (κ3) is 5.81. The Bertz CT molecular complexity index is 594. The smallest absolute Gasteiger partial charge is 0.222 e. The van der Waals surface area contributed by atoms with Crippen LogP contribution in [0.5, 0.6) is 0 Å². The summed E-state index contributed by atoms with van der Waals surface area (Å²) in [6, 6.07) is 2.28. The molecule has 2 aliphatic rings. The van der Waals surface area contributed by atoms with Crippen LogP contribution in [-0.2, 0) is 4.79 Å². The van der Waals surface area contributed by atoms with E-state index in [2.05, 4.69) is 30.4 Å². The number of aromatic nitrogens is 2. The highest BCUT2D eigenvalue weighted by atomic mass is 35.5. The molecule has 2 aliphatic heterocycles. The first-order valence-corrected chi connectivity index (χ1v) is 9.08. The van der Waals surface area contributed by atoms with Gasteiger partial charge in [0.2, 0.25) is 5.91 Å². The molecule has 1 aromatic heterocycles. The molecule has 3 heterocycles. The number of hydrogen-bond acceptors (Lipinski definition) is 7. The summed E-state index contributed by atoms with van der Waals surface area (Å²) in [7, 11) is 1.92. The highest BCUT2D eigenvalue weighted by molar-refractivity contribution is 5.85. The molecule has 27 heavy (non-hydrogen) atoms. The van der Waals surface area contributed by atoms with Crippen molar-refractivity contribution in [2.75, 3.05) is 56.6 Å². The number of likely N-dealkylation sites (N-methyl/N-ethyl adjacent to an activating group) is 1. The lowest BCUT2D eigenvalue weighted by Gasteiger charge is -2.47. The highest BCUT2D eigenvalue weighted by Gasteiger charge is 2.39. The summed E-state index contributed by atoms with van der Waals surface area (Å²) in [4.78, 5) is 25.3. The number of anilines is 2. The van der Waals surface area contributed by atoms with Crippen LogP contribution in [0.1, 0.15) is 19.3 Å². The van der Waals surface area contributed by atoms with Crippen molar-refractivity contribution in [3.05, 3.63) is 12.4 Å². The topological polar surface area (TPSA) is 93.6 Å². The number of halogens is 2. The van der Waals surface area contributed by atoms with Gasteiger partial charge in [0.1, 0.15) is 18.0 Å². The van der Waals surface area contributed by atoms with Gasteiger partial charge >= 0.3 is 0 Å². The van der Waals surface area contributed by atoms with Gasteiger partial charge in [0.25, 0.3) is 0 Å². The second-order valence-electron chi connectivity index (χ2n) is 6.70. The summed E-state index contributed by atoms with van der Waals surface area (Å²) in [6.07, 6.45) is 4.14. The van der Waals surface area contributed by atoms with Gasteiger partial charge in [-0.25, -0.2) is 9.97 Å². The van der Waals surface area contributed by atoms with E-state index < -0.39 is 0 Å². The zero-order valence-electron chi connectivity index (χ0n) is 15.6. The first-order valence-electron chi connectivity index (χ1n) is 9.08. The van der Waals surface area contributed by atoms with Gasteiger partial charge in [0.05, 0.1) is 6.61 Å². The largest absolute Gasteiger partial charge is 0.395 e. The number of carbonyl (C=O) groups excluding carboxylic acids is 1. The molecule has 2 atom stereocenters. The number of fused-ring (bicyclic) bond motifs is 1. The fourth-order valence-electron chi connectivity index (χ4n) is 3.88. The first-order chi connectivity index (χ1) is 12.2. The number of likely N-dealkylation sites (tertiary alicyclic amines) is 1. The molecule has 0 radical (unpaired) electrons. The quantitative estimate of drug-likeness (QED) is 0.599. The normalized spacial score (nSPS) is 21.8. The van der Waals surface area contributed by atoms with Crippen LogP contribution in [0.25, 0.3) is 0 Å². The molecule has 8 nitrogen and oxygen atoms in total. The van der Waals surface area contributed by atoms with Crippen LogP contribution < -0.4 is 15.5 Å². The van der Waals surface area contributed by atoms with Crippen molar-refractivity contribution >= 4 is 42.4 Å². The number of amides is 1. The molecule has 3 rings (SSSR count). The van der Waals surface area contributed by atoms with Gasteiger partial charge in [-0.2, -0.15) is 0 Å². The van der Waals surface area contributed by atoms with E-state index in [4.69, 9.17) is 5.11 Å². The fraction of sp³-hybridized carbons (Fsp3) is 0.706. The van der Waals surface area contributed by atoms with E-state index in [-0.39, 0.29) is 31.4 Å². The maximum Gasteiger partial charge on any atom is 0.222 e. The lowest BCUT2D eigenvalue weighted by molar-refractivity contribution is -0.139. The summed E-state index contributed by atoms with van der Waals surface area (Å²) >= 11 is 0. The average Bonchev–Trinajstić information content (AvgIpc) is 2.65. The molecule has 10 heteroatoms. The highest BCUT2D eigenvalue weighted by Crippen LogP contribution is 2.32. The summed E-state index contributed by atoms with van der Waals surface area (Å²) in [5, 5.41) is 15.2. The Kier molecular flexibility index (Phi) is 10.1. The number of nitrogens with zero attached hydrogens (tertiary/aromatic N) is 4. The van der Waals surface area contributed by atoms with E-state index in [0.717, 1.165) is 50.7 Å². The number of piperidine rings is 2. The molecular weight excluding hydrogens is 391 g/mol.